The van der Waals surface area contributed by atoms with E-state index < -0.39 is 11.9 Å². The molecule has 1 aliphatic heterocycles. The Bertz CT molecular complexity index is 1000. The number of carbonyl (C=O) groups is 1. The molecule has 1 atom stereocenters. The highest BCUT2D eigenvalue weighted by Crippen LogP contribution is 2.24. The van der Waals surface area contributed by atoms with Gasteiger partial charge in [0.05, 0.1) is 18.2 Å². The van der Waals surface area contributed by atoms with Gasteiger partial charge >= 0.3 is 0 Å². The van der Waals surface area contributed by atoms with Crippen molar-refractivity contribution in [3.63, 3.8) is 0 Å². The normalized spacial score (nSPS) is 16.6. The summed E-state index contributed by atoms with van der Waals surface area (Å²) in [5, 5.41) is 3.85. The second-order valence-corrected chi connectivity index (χ2v) is 6.64. The standard InChI is InChI=1S/C19H16ClFN4O4/c20-13-9-12(4-5-14(13)21)28-11-17(26)25-7-8-27-16(10-25)19-23-18(24-29-19)15-3-1-2-6-22-15/h1-6,9,16H,7-8,10-11H2/t16-/m0/s1. The lowest BCUT2D eigenvalue weighted by atomic mass is 10.2. The second-order valence-electron chi connectivity index (χ2n) is 6.23. The van der Waals surface area contributed by atoms with Crippen molar-refractivity contribution in [2.75, 3.05) is 26.3 Å². The molecule has 0 spiro atoms. The Morgan fingerprint density at radius 1 is 1.34 bits per heavy atom. The Labute approximate surface area is 170 Å². The molecule has 3 heterocycles. The van der Waals surface area contributed by atoms with Gasteiger partial charge in [-0.25, -0.2) is 4.39 Å². The predicted molar refractivity (Wildman–Crippen MR) is 99.7 cm³/mol. The number of rotatable bonds is 5. The summed E-state index contributed by atoms with van der Waals surface area (Å²) < 4.78 is 29.6. The first-order valence-electron chi connectivity index (χ1n) is 8.82. The molecular formula is C19H16ClFN4O4. The number of amides is 1. The van der Waals surface area contributed by atoms with Crippen LogP contribution >= 0.6 is 11.6 Å². The highest BCUT2D eigenvalue weighted by Gasteiger charge is 2.30. The number of halogens is 2. The fraction of sp³-hybridized carbons (Fsp3) is 0.263. The Kier molecular flexibility index (Phi) is 5.68. The van der Waals surface area contributed by atoms with E-state index in [1.54, 1.807) is 23.2 Å². The smallest absolute Gasteiger partial charge is 0.260 e. The van der Waals surface area contributed by atoms with Crippen molar-refractivity contribution in [2.45, 2.75) is 6.10 Å². The minimum Gasteiger partial charge on any atom is -0.484 e. The zero-order valence-electron chi connectivity index (χ0n) is 15.1. The van der Waals surface area contributed by atoms with Crippen LogP contribution in [0.1, 0.15) is 12.0 Å². The van der Waals surface area contributed by atoms with Crippen molar-refractivity contribution in [3.8, 4) is 17.3 Å². The van der Waals surface area contributed by atoms with Crippen molar-refractivity contribution in [1.29, 1.82) is 0 Å². The third-order valence-electron chi connectivity index (χ3n) is 4.28. The van der Waals surface area contributed by atoms with E-state index >= 15 is 0 Å². The number of morpholine rings is 1. The van der Waals surface area contributed by atoms with Crippen molar-refractivity contribution < 1.29 is 23.2 Å². The molecule has 0 bridgehead atoms. The lowest BCUT2D eigenvalue weighted by molar-refractivity contribution is -0.142. The molecule has 2 aromatic heterocycles. The fourth-order valence-electron chi connectivity index (χ4n) is 2.79. The summed E-state index contributed by atoms with van der Waals surface area (Å²) in [6, 6.07) is 9.30. The first-order chi connectivity index (χ1) is 14.1. The van der Waals surface area contributed by atoms with E-state index in [4.69, 9.17) is 25.6 Å². The third-order valence-corrected chi connectivity index (χ3v) is 4.57. The fourth-order valence-corrected chi connectivity index (χ4v) is 2.96. The van der Waals surface area contributed by atoms with Crippen LogP contribution in [-0.4, -0.2) is 52.2 Å². The van der Waals surface area contributed by atoms with Crippen LogP contribution in [0.25, 0.3) is 11.5 Å². The van der Waals surface area contributed by atoms with Gasteiger partial charge < -0.3 is 18.9 Å². The molecule has 29 heavy (non-hydrogen) atoms. The number of hydrogen-bond acceptors (Lipinski definition) is 7. The lowest BCUT2D eigenvalue weighted by Crippen LogP contribution is -2.44. The van der Waals surface area contributed by atoms with Crippen molar-refractivity contribution in [2.24, 2.45) is 0 Å². The molecule has 3 aromatic rings. The highest BCUT2D eigenvalue weighted by molar-refractivity contribution is 6.30. The average Bonchev–Trinajstić information content (AvgIpc) is 3.25. The number of aromatic nitrogens is 3. The van der Waals surface area contributed by atoms with Crippen molar-refractivity contribution in [1.82, 2.24) is 20.0 Å². The maximum Gasteiger partial charge on any atom is 0.260 e. The maximum atomic E-state index is 13.2. The van der Waals surface area contributed by atoms with Gasteiger partial charge in [0.25, 0.3) is 11.8 Å². The molecule has 1 fully saturated rings. The van der Waals surface area contributed by atoms with Crippen molar-refractivity contribution in [3.05, 3.63) is 59.3 Å². The van der Waals surface area contributed by atoms with Gasteiger partial charge in [-0.3, -0.25) is 9.78 Å². The summed E-state index contributed by atoms with van der Waals surface area (Å²) in [7, 11) is 0. The molecule has 150 valence electrons. The Balaban J connectivity index is 1.37. The van der Waals surface area contributed by atoms with Crippen LogP contribution < -0.4 is 4.74 Å². The SMILES string of the molecule is O=C(COc1ccc(F)c(Cl)c1)N1CCO[C@H](c2nc(-c3ccccn3)no2)C1. The van der Waals surface area contributed by atoms with E-state index in [0.29, 0.717) is 30.4 Å². The first kappa shape index (κ1) is 19.3. The average molecular weight is 419 g/mol. The molecule has 4 rings (SSSR count). The highest BCUT2D eigenvalue weighted by atomic mass is 35.5. The van der Waals surface area contributed by atoms with Gasteiger partial charge in [0.1, 0.15) is 17.3 Å². The van der Waals surface area contributed by atoms with Crippen LogP contribution in [0, 0.1) is 5.82 Å². The first-order valence-corrected chi connectivity index (χ1v) is 9.20. The number of carbonyl (C=O) groups excluding carboxylic acids is 1. The molecule has 0 radical (unpaired) electrons. The number of pyridine rings is 1. The van der Waals surface area contributed by atoms with E-state index in [1.165, 1.54) is 18.2 Å². The van der Waals surface area contributed by atoms with Gasteiger partial charge in [0.15, 0.2) is 12.7 Å². The predicted octanol–water partition coefficient (Wildman–Crippen LogP) is 2.90. The molecule has 0 saturated carbocycles. The van der Waals surface area contributed by atoms with E-state index in [1.807, 2.05) is 6.07 Å². The summed E-state index contributed by atoms with van der Waals surface area (Å²) in [4.78, 5) is 22.6. The molecule has 0 aliphatic carbocycles. The van der Waals surface area contributed by atoms with Crippen LogP contribution in [-0.2, 0) is 9.53 Å². The summed E-state index contributed by atoms with van der Waals surface area (Å²) in [6.07, 6.45) is 1.09. The van der Waals surface area contributed by atoms with Crippen LogP contribution in [0.5, 0.6) is 5.75 Å². The van der Waals surface area contributed by atoms with E-state index in [0.717, 1.165) is 0 Å². The Morgan fingerprint density at radius 2 is 2.24 bits per heavy atom. The molecule has 1 aromatic carbocycles. The minimum atomic E-state index is -0.550. The molecule has 0 N–H and O–H groups in total. The summed E-state index contributed by atoms with van der Waals surface area (Å²) >= 11 is 5.72. The largest absolute Gasteiger partial charge is 0.484 e. The monoisotopic (exact) mass is 418 g/mol. The van der Waals surface area contributed by atoms with Crippen molar-refractivity contribution >= 4 is 17.5 Å². The van der Waals surface area contributed by atoms with Gasteiger partial charge in [-0.15, -0.1) is 0 Å². The van der Waals surface area contributed by atoms with Crippen LogP contribution in [0.2, 0.25) is 5.02 Å². The maximum absolute atomic E-state index is 13.2. The van der Waals surface area contributed by atoms with Gasteiger partial charge in [-0.05, 0) is 24.3 Å². The zero-order valence-corrected chi connectivity index (χ0v) is 15.9. The Morgan fingerprint density at radius 3 is 3.03 bits per heavy atom. The van der Waals surface area contributed by atoms with E-state index in [-0.39, 0.29) is 30.0 Å². The molecule has 1 aliphatic rings. The molecule has 1 saturated heterocycles. The van der Waals surface area contributed by atoms with E-state index in [9.17, 15) is 9.18 Å². The molecule has 1 amide bonds. The van der Waals surface area contributed by atoms with Crippen LogP contribution in [0.4, 0.5) is 4.39 Å². The molecule has 8 nitrogen and oxygen atoms in total. The topological polar surface area (TPSA) is 90.6 Å². The summed E-state index contributed by atoms with van der Waals surface area (Å²) in [5.74, 6) is 0.138. The van der Waals surface area contributed by atoms with E-state index in [2.05, 4.69) is 15.1 Å². The molecule has 10 heteroatoms. The van der Waals surface area contributed by atoms with Crippen LogP contribution in [0.3, 0.4) is 0 Å². The number of ether oxygens (including phenoxy) is 2. The Hall–Kier alpha value is -3.04. The lowest BCUT2D eigenvalue weighted by Gasteiger charge is -2.31. The van der Waals surface area contributed by atoms with Gasteiger partial charge in [-0.2, -0.15) is 4.98 Å². The van der Waals surface area contributed by atoms with Gasteiger partial charge in [0, 0.05) is 18.8 Å². The number of benzene rings is 1. The summed E-state index contributed by atoms with van der Waals surface area (Å²) in [6.45, 7) is 0.762. The molecule has 0 unspecified atom stereocenters. The molecular weight excluding hydrogens is 403 g/mol. The minimum absolute atomic E-state index is 0.0681. The number of nitrogens with zero attached hydrogens (tertiary/aromatic N) is 4. The quantitative estimate of drug-likeness (QED) is 0.629. The number of hydrogen-bond donors (Lipinski definition) is 0. The second kappa shape index (κ2) is 8.54. The third kappa shape index (κ3) is 4.52. The van der Waals surface area contributed by atoms with Gasteiger partial charge in [-0.1, -0.05) is 22.8 Å². The van der Waals surface area contributed by atoms with Crippen LogP contribution in [0.15, 0.2) is 47.1 Å². The zero-order chi connectivity index (χ0) is 20.2. The van der Waals surface area contributed by atoms with Gasteiger partial charge in [0.2, 0.25) is 5.82 Å². The summed E-state index contributed by atoms with van der Waals surface area (Å²) in [5.41, 5.74) is 0.581.